The zero-order valence-electron chi connectivity index (χ0n) is 4.03. The van der Waals surface area contributed by atoms with Gasteiger partial charge in [0, 0.05) is 0 Å². The van der Waals surface area contributed by atoms with E-state index < -0.39 is 12.4 Å². The van der Waals surface area contributed by atoms with Crippen LogP contribution in [0.15, 0.2) is 0 Å². The summed E-state index contributed by atoms with van der Waals surface area (Å²) in [4.78, 5) is 0. The third-order valence-corrected chi connectivity index (χ3v) is 0.976. The van der Waals surface area contributed by atoms with Crippen LogP contribution in [0.1, 0.15) is 6.92 Å². The molecule has 1 aliphatic heterocycles. The molecule has 3 nitrogen and oxygen atoms in total. The number of aliphatic hydroxyl groups excluding tert-OH is 2. The highest BCUT2D eigenvalue weighted by atomic mass is 16.7. The second kappa shape index (κ2) is 1.43. The first kappa shape index (κ1) is 5.03. The Labute approximate surface area is 41.5 Å². The second-order valence-electron chi connectivity index (χ2n) is 1.73. The average molecular weight is 104 g/mol. The van der Waals surface area contributed by atoms with Crippen LogP contribution < -0.4 is 0 Å². The van der Waals surface area contributed by atoms with E-state index in [0.717, 1.165) is 0 Å². The molecule has 0 aromatic heterocycles. The van der Waals surface area contributed by atoms with Crippen LogP contribution >= 0.6 is 0 Å². The largest absolute Gasteiger partial charge is 0.391 e. The summed E-state index contributed by atoms with van der Waals surface area (Å²) in [6, 6.07) is 0. The molecule has 0 amide bonds. The van der Waals surface area contributed by atoms with E-state index >= 15 is 0 Å². The van der Waals surface area contributed by atoms with Gasteiger partial charge in [-0.3, -0.25) is 0 Å². The molecule has 0 spiro atoms. The fourth-order valence-electron chi connectivity index (χ4n) is 0.468. The van der Waals surface area contributed by atoms with E-state index in [1.54, 1.807) is 6.92 Å². The molecular weight excluding hydrogens is 96.0 g/mol. The molecule has 0 aromatic carbocycles. The van der Waals surface area contributed by atoms with Gasteiger partial charge < -0.3 is 14.9 Å². The Morgan fingerprint density at radius 3 is 2.14 bits per heavy atom. The van der Waals surface area contributed by atoms with Crippen LogP contribution in [-0.4, -0.2) is 28.7 Å². The molecular formula is C4H8O3. The zero-order chi connectivity index (χ0) is 5.44. The molecule has 1 rings (SSSR count). The monoisotopic (exact) mass is 104 g/mol. The normalized spacial score (nSPS) is 43.3. The predicted octanol–water partition coefficient (Wildman–Crippen LogP) is -0.916. The first-order valence-electron chi connectivity index (χ1n) is 2.23. The summed E-state index contributed by atoms with van der Waals surface area (Å²) in [5.74, 6) is 0. The number of rotatable bonds is 1. The van der Waals surface area contributed by atoms with Crippen LogP contribution in [0, 0.1) is 0 Å². The SMILES string of the molecule is CC(O)C1O[C@H]1O. The molecule has 1 fully saturated rings. The maximum absolute atomic E-state index is 8.58. The molecule has 0 saturated carbocycles. The predicted molar refractivity (Wildman–Crippen MR) is 22.6 cm³/mol. The maximum Gasteiger partial charge on any atom is 0.184 e. The van der Waals surface area contributed by atoms with Crippen LogP contribution in [0.5, 0.6) is 0 Å². The maximum atomic E-state index is 8.58. The van der Waals surface area contributed by atoms with E-state index in [9.17, 15) is 0 Å². The highest BCUT2D eigenvalue weighted by Crippen LogP contribution is 2.21. The molecule has 2 unspecified atom stereocenters. The third kappa shape index (κ3) is 0.907. The summed E-state index contributed by atoms with van der Waals surface area (Å²) in [5.41, 5.74) is 0. The number of aliphatic hydroxyl groups is 2. The number of epoxide rings is 1. The van der Waals surface area contributed by atoms with Gasteiger partial charge in [0.1, 0.15) is 6.10 Å². The summed E-state index contributed by atoms with van der Waals surface area (Å²) in [5, 5.41) is 17.0. The molecule has 0 bridgehead atoms. The van der Waals surface area contributed by atoms with Gasteiger partial charge in [-0.2, -0.15) is 0 Å². The standard InChI is InChI=1S/C4H8O3/c1-2(5)3-4(6)7-3/h2-6H,1H3/t2?,3?,4-/m1/s1. The van der Waals surface area contributed by atoms with Crippen LogP contribution in [0.25, 0.3) is 0 Å². The van der Waals surface area contributed by atoms with Gasteiger partial charge in [0.2, 0.25) is 0 Å². The van der Waals surface area contributed by atoms with E-state index in [-0.39, 0.29) is 6.10 Å². The summed E-state index contributed by atoms with van der Waals surface area (Å²) < 4.78 is 4.48. The quantitative estimate of drug-likeness (QED) is 0.423. The van der Waals surface area contributed by atoms with Crippen LogP contribution in [0.2, 0.25) is 0 Å². The Kier molecular flexibility index (Phi) is 1.03. The van der Waals surface area contributed by atoms with Crippen molar-refractivity contribution < 1.29 is 14.9 Å². The molecule has 3 heteroatoms. The van der Waals surface area contributed by atoms with E-state index in [2.05, 4.69) is 4.74 Å². The van der Waals surface area contributed by atoms with Crippen molar-refractivity contribution in [2.24, 2.45) is 0 Å². The van der Waals surface area contributed by atoms with Crippen molar-refractivity contribution in [3.63, 3.8) is 0 Å². The van der Waals surface area contributed by atoms with Crippen molar-refractivity contribution in [1.82, 2.24) is 0 Å². The van der Waals surface area contributed by atoms with E-state index in [1.807, 2.05) is 0 Å². The van der Waals surface area contributed by atoms with Gasteiger partial charge in [-0.15, -0.1) is 0 Å². The molecule has 42 valence electrons. The molecule has 1 saturated heterocycles. The Morgan fingerprint density at radius 1 is 1.71 bits per heavy atom. The lowest BCUT2D eigenvalue weighted by Gasteiger charge is -1.91. The van der Waals surface area contributed by atoms with Gasteiger partial charge in [0.25, 0.3) is 0 Å². The van der Waals surface area contributed by atoms with Gasteiger partial charge in [-0.25, -0.2) is 0 Å². The smallest absolute Gasteiger partial charge is 0.184 e. The molecule has 0 aromatic rings. The molecule has 0 aliphatic carbocycles. The molecule has 1 heterocycles. The fraction of sp³-hybridized carbons (Fsp3) is 1.00. The lowest BCUT2D eigenvalue weighted by Crippen LogP contribution is -2.10. The first-order valence-corrected chi connectivity index (χ1v) is 2.23. The van der Waals surface area contributed by atoms with Gasteiger partial charge >= 0.3 is 0 Å². The summed E-state index contributed by atoms with van der Waals surface area (Å²) in [7, 11) is 0. The zero-order valence-corrected chi connectivity index (χ0v) is 4.03. The summed E-state index contributed by atoms with van der Waals surface area (Å²) in [6.07, 6.45) is -1.56. The van der Waals surface area contributed by atoms with Crippen molar-refractivity contribution in [2.75, 3.05) is 0 Å². The van der Waals surface area contributed by atoms with Crippen molar-refractivity contribution in [3.05, 3.63) is 0 Å². The van der Waals surface area contributed by atoms with E-state index in [4.69, 9.17) is 10.2 Å². The van der Waals surface area contributed by atoms with Gasteiger partial charge in [0.15, 0.2) is 6.29 Å². The van der Waals surface area contributed by atoms with E-state index in [0.29, 0.717) is 0 Å². The molecule has 2 N–H and O–H groups in total. The topological polar surface area (TPSA) is 53.0 Å². The first-order chi connectivity index (χ1) is 3.22. The lowest BCUT2D eigenvalue weighted by molar-refractivity contribution is 0.145. The molecule has 1 aliphatic rings. The van der Waals surface area contributed by atoms with Crippen molar-refractivity contribution >= 4 is 0 Å². The Bertz CT molecular complexity index is 71.3. The van der Waals surface area contributed by atoms with E-state index in [1.165, 1.54) is 0 Å². The van der Waals surface area contributed by atoms with Gasteiger partial charge in [-0.05, 0) is 6.92 Å². The minimum atomic E-state index is -0.708. The second-order valence-corrected chi connectivity index (χ2v) is 1.73. The van der Waals surface area contributed by atoms with Crippen molar-refractivity contribution in [2.45, 2.75) is 25.4 Å². The van der Waals surface area contributed by atoms with Crippen LogP contribution in [0.4, 0.5) is 0 Å². The lowest BCUT2D eigenvalue weighted by atomic mass is 10.3. The Hall–Kier alpha value is -0.120. The van der Waals surface area contributed by atoms with Crippen LogP contribution in [-0.2, 0) is 4.74 Å². The highest BCUT2D eigenvalue weighted by molar-refractivity contribution is 4.79. The number of hydrogen-bond donors (Lipinski definition) is 2. The Morgan fingerprint density at radius 2 is 2.14 bits per heavy atom. The number of ether oxygens (including phenoxy) is 1. The van der Waals surface area contributed by atoms with Crippen molar-refractivity contribution in [1.29, 1.82) is 0 Å². The summed E-state index contributed by atoms with van der Waals surface area (Å²) >= 11 is 0. The van der Waals surface area contributed by atoms with Gasteiger partial charge in [-0.1, -0.05) is 0 Å². The molecule has 3 atom stereocenters. The number of hydrogen-bond acceptors (Lipinski definition) is 3. The average Bonchev–Trinajstić information content (AvgIpc) is 2.17. The molecule has 7 heavy (non-hydrogen) atoms. The fourth-order valence-corrected chi connectivity index (χ4v) is 0.468. The summed E-state index contributed by atoms with van der Waals surface area (Å²) in [6.45, 7) is 1.58. The van der Waals surface area contributed by atoms with Gasteiger partial charge in [0.05, 0.1) is 6.10 Å². The van der Waals surface area contributed by atoms with Crippen LogP contribution in [0.3, 0.4) is 0 Å². The highest BCUT2D eigenvalue weighted by Gasteiger charge is 2.40. The minimum Gasteiger partial charge on any atom is -0.391 e. The minimum absolute atomic E-state index is 0.319. The Balaban J connectivity index is 2.20. The third-order valence-electron chi connectivity index (χ3n) is 0.976. The van der Waals surface area contributed by atoms with Crippen molar-refractivity contribution in [3.8, 4) is 0 Å². The molecule has 0 radical (unpaired) electrons.